The molecule has 0 fully saturated rings. The minimum atomic E-state index is 0.199. The van der Waals surface area contributed by atoms with E-state index >= 15 is 0 Å². The highest BCUT2D eigenvalue weighted by Crippen LogP contribution is 2.25. The van der Waals surface area contributed by atoms with Gasteiger partial charge in [-0.05, 0) is 29.2 Å². The van der Waals surface area contributed by atoms with Crippen LogP contribution in [-0.2, 0) is 5.41 Å². The number of aromatic nitrogens is 1. The zero-order chi connectivity index (χ0) is 10.3. The van der Waals surface area contributed by atoms with Gasteiger partial charge in [-0.2, -0.15) is 0 Å². The third-order valence-corrected chi connectivity index (χ3v) is 2.59. The van der Waals surface area contributed by atoms with E-state index in [-0.39, 0.29) is 5.41 Å². The van der Waals surface area contributed by atoms with E-state index < -0.39 is 0 Å². The van der Waals surface area contributed by atoms with Crippen molar-refractivity contribution in [3.63, 3.8) is 0 Å². The Kier molecular flexibility index (Phi) is 1.81. The summed E-state index contributed by atoms with van der Waals surface area (Å²) >= 11 is 0. The van der Waals surface area contributed by atoms with Crippen molar-refractivity contribution in [2.24, 2.45) is 0 Å². The Morgan fingerprint density at radius 3 is 2.50 bits per heavy atom. The predicted molar refractivity (Wildman–Crippen MR) is 60.8 cm³/mol. The fourth-order valence-corrected chi connectivity index (χ4v) is 1.63. The Morgan fingerprint density at radius 1 is 1.14 bits per heavy atom. The van der Waals surface area contributed by atoms with Gasteiger partial charge in [0.2, 0.25) is 0 Å². The molecule has 0 aliphatic heterocycles. The van der Waals surface area contributed by atoms with E-state index in [0.717, 1.165) is 5.52 Å². The lowest BCUT2D eigenvalue weighted by atomic mass is 9.86. The van der Waals surface area contributed by atoms with Crippen molar-refractivity contribution >= 4 is 10.9 Å². The van der Waals surface area contributed by atoms with Gasteiger partial charge >= 0.3 is 0 Å². The largest absolute Gasteiger partial charge is 0.339 e. The predicted octanol–water partition coefficient (Wildman–Crippen LogP) is 2.65. The van der Waals surface area contributed by atoms with Crippen LogP contribution in [-0.4, -0.2) is 4.68 Å². The van der Waals surface area contributed by atoms with Crippen molar-refractivity contribution in [1.29, 1.82) is 0 Å². The van der Waals surface area contributed by atoms with E-state index in [9.17, 15) is 0 Å². The maximum absolute atomic E-state index is 5.75. The van der Waals surface area contributed by atoms with Crippen LogP contribution in [0.4, 0.5) is 0 Å². The quantitative estimate of drug-likeness (QED) is 0.633. The van der Waals surface area contributed by atoms with Crippen molar-refractivity contribution in [3.05, 3.63) is 36.0 Å². The number of nitrogens with zero attached hydrogens (tertiary/aromatic N) is 1. The Balaban J connectivity index is 2.63. The summed E-state index contributed by atoms with van der Waals surface area (Å²) in [6.07, 6.45) is 1.89. The van der Waals surface area contributed by atoms with Crippen LogP contribution >= 0.6 is 0 Å². The van der Waals surface area contributed by atoms with Gasteiger partial charge in [-0.25, -0.2) is 0 Å². The lowest BCUT2D eigenvalue weighted by molar-refractivity contribution is 0.591. The molecule has 74 valence electrons. The molecule has 14 heavy (non-hydrogen) atoms. The molecular formula is C12H16N2. The van der Waals surface area contributed by atoms with Gasteiger partial charge in [-0.15, -0.1) is 0 Å². The topological polar surface area (TPSA) is 30.9 Å². The number of nitrogen functional groups attached to an aromatic ring is 1. The molecule has 2 heteroatoms. The molecule has 2 rings (SSSR count). The van der Waals surface area contributed by atoms with Gasteiger partial charge in [0.15, 0.2) is 0 Å². The molecule has 0 unspecified atom stereocenters. The van der Waals surface area contributed by atoms with Gasteiger partial charge in [0.1, 0.15) is 0 Å². The highest BCUT2D eigenvalue weighted by atomic mass is 15.3. The molecule has 0 aliphatic rings. The van der Waals surface area contributed by atoms with Gasteiger partial charge in [-0.3, -0.25) is 4.68 Å². The highest BCUT2D eigenvalue weighted by molar-refractivity contribution is 5.81. The van der Waals surface area contributed by atoms with Crippen LogP contribution in [0.2, 0.25) is 0 Å². The Labute approximate surface area is 84.3 Å². The molecule has 0 amide bonds. The summed E-state index contributed by atoms with van der Waals surface area (Å²) in [5.41, 5.74) is 2.62. The van der Waals surface area contributed by atoms with E-state index in [1.54, 1.807) is 4.68 Å². The Bertz CT molecular complexity index is 461. The fourth-order valence-electron chi connectivity index (χ4n) is 1.63. The number of nitrogens with two attached hydrogens (primary N) is 1. The van der Waals surface area contributed by atoms with Crippen LogP contribution in [0.15, 0.2) is 30.5 Å². The first kappa shape index (κ1) is 9.13. The van der Waals surface area contributed by atoms with Crippen LogP contribution in [0.5, 0.6) is 0 Å². The number of fused-ring (bicyclic) bond motifs is 1. The van der Waals surface area contributed by atoms with E-state index in [1.165, 1.54) is 10.9 Å². The molecule has 0 saturated heterocycles. The van der Waals surface area contributed by atoms with Gasteiger partial charge in [0, 0.05) is 11.6 Å². The third-order valence-electron chi connectivity index (χ3n) is 2.59. The number of hydrogen-bond donors (Lipinski definition) is 1. The van der Waals surface area contributed by atoms with E-state index in [1.807, 2.05) is 12.3 Å². The monoisotopic (exact) mass is 188 g/mol. The van der Waals surface area contributed by atoms with Gasteiger partial charge < -0.3 is 5.84 Å². The summed E-state index contributed by atoms with van der Waals surface area (Å²) in [5, 5.41) is 1.21. The van der Waals surface area contributed by atoms with Crippen molar-refractivity contribution in [2.45, 2.75) is 26.2 Å². The molecule has 2 N–H and O–H groups in total. The van der Waals surface area contributed by atoms with Crippen LogP contribution in [0.1, 0.15) is 26.3 Å². The van der Waals surface area contributed by atoms with Crippen molar-refractivity contribution in [2.75, 3.05) is 5.84 Å². The minimum Gasteiger partial charge on any atom is -0.339 e. The molecule has 0 aliphatic carbocycles. The summed E-state index contributed by atoms with van der Waals surface area (Å²) in [6.45, 7) is 6.65. The Morgan fingerprint density at radius 2 is 1.86 bits per heavy atom. The van der Waals surface area contributed by atoms with E-state index in [4.69, 9.17) is 5.84 Å². The zero-order valence-corrected chi connectivity index (χ0v) is 8.91. The molecule has 0 radical (unpaired) electrons. The highest BCUT2D eigenvalue weighted by Gasteiger charge is 2.13. The number of benzene rings is 1. The summed E-state index contributed by atoms with van der Waals surface area (Å²) in [6, 6.07) is 8.48. The fraction of sp³-hybridized carbons (Fsp3) is 0.333. The smallest absolute Gasteiger partial charge is 0.0690 e. The molecule has 0 saturated carbocycles. The third kappa shape index (κ3) is 1.37. The van der Waals surface area contributed by atoms with Crippen LogP contribution < -0.4 is 5.84 Å². The normalized spacial score (nSPS) is 12.2. The standard InChI is InChI=1S/C12H16N2/c1-12(2,3)10-4-5-11-9(8-10)6-7-14(11)13/h4-8H,13H2,1-3H3. The molecule has 2 aromatic rings. The maximum Gasteiger partial charge on any atom is 0.0690 e. The number of rotatable bonds is 0. The first-order valence-electron chi connectivity index (χ1n) is 4.85. The average Bonchev–Trinajstić information content (AvgIpc) is 2.46. The average molecular weight is 188 g/mol. The molecule has 1 aromatic heterocycles. The van der Waals surface area contributed by atoms with Crippen LogP contribution in [0.3, 0.4) is 0 Å². The van der Waals surface area contributed by atoms with Gasteiger partial charge in [0.05, 0.1) is 5.52 Å². The molecular weight excluding hydrogens is 172 g/mol. The van der Waals surface area contributed by atoms with Gasteiger partial charge in [-0.1, -0.05) is 26.8 Å². The maximum atomic E-state index is 5.75. The summed E-state index contributed by atoms with van der Waals surface area (Å²) in [7, 11) is 0. The van der Waals surface area contributed by atoms with Crippen LogP contribution in [0.25, 0.3) is 10.9 Å². The first-order chi connectivity index (χ1) is 6.48. The first-order valence-corrected chi connectivity index (χ1v) is 4.85. The van der Waals surface area contributed by atoms with Gasteiger partial charge in [0.25, 0.3) is 0 Å². The second-order valence-electron chi connectivity index (χ2n) is 4.75. The molecule has 0 bridgehead atoms. The van der Waals surface area contributed by atoms with E-state index in [2.05, 4.69) is 39.0 Å². The minimum absolute atomic E-state index is 0.199. The molecule has 2 nitrogen and oxygen atoms in total. The molecule has 0 atom stereocenters. The summed E-state index contributed by atoms with van der Waals surface area (Å²) in [5.74, 6) is 5.75. The Hall–Kier alpha value is -1.44. The van der Waals surface area contributed by atoms with Crippen LogP contribution in [0, 0.1) is 0 Å². The molecule has 1 aromatic carbocycles. The lowest BCUT2D eigenvalue weighted by Gasteiger charge is -2.18. The second-order valence-corrected chi connectivity index (χ2v) is 4.75. The molecule has 1 heterocycles. The van der Waals surface area contributed by atoms with E-state index in [0.29, 0.717) is 0 Å². The molecule has 0 spiro atoms. The van der Waals surface area contributed by atoms with Crippen molar-refractivity contribution in [1.82, 2.24) is 4.68 Å². The zero-order valence-electron chi connectivity index (χ0n) is 8.91. The summed E-state index contributed by atoms with van der Waals surface area (Å²) in [4.78, 5) is 0. The SMILES string of the molecule is CC(C)(C)c1ccc2c(ccn2N)c1. The number of hydrogen-bond acceptors (Lipinski definition) is 1. The summed E-state index contributed by atoms with van der Waals surface area (Å²) < 4.78 is 1.65. The van der Waals surface area contributed by atoms with Crippen molar-refractivity contribution in [3.8, 4) is 0 Å². The van der Waals surface area contributed by atoms with Crippen molar-refractivity contribution < 1.29 is 0 Å². The second kappa shape index (κ2) is 2.77. The lowest BCUT2D eigenvalue weighted by Crippen LogP contribution is -2.11.